The van der Waals surface area contributed by atoms with Gasteiger partial charge in [0, 0.05) is 0 Å². The maximum absolute atomic E-state index is 5.34. The van der Waals surface area contributed by atoms with Gasteiger partial charge in [0.2, 0.25) is 0 Å². The lowest BCUT2D eigenvalue weighted by molar-refractivity contribution is 0.146. The van der Waals surface area contributed by atoms with Gasteiger partial charge in [0.1, 0.15) is 5.75 Å². The first-order chi connectivity index (χ1) is 6.31. The Balaban J connectivity index is 2.47. The Morgan fingerprint density at radius 2 is 2.23 bits per heavy atom. The normalized spacial score (nSPS) is 15.3. The molecular formula is C11H12O2. The van der Waals surface area contributed by atoms with Crippen LogP contribution in [0.3, 0.4) is 0 Å². The van der Waals surface area contributed by atoms with Crippen LogP contribution in [0, 0.1) is 0 Å². The summed E-state index contributed by atoms with van der Waals surface area (Å²) in [6.07, 6.45) is 0. The molecule has 0 unspecified atom stereocenters. The van der Waals surface area contributed by atoms with Crippen LogP contribution in [-0.4, -0.2) is 13.7 Å². The minimum atomic E-state index is 0.625. The lowest BCUT2D eigenvalue weighted by atomic mass is 9.99. The zero-order valence-electron chi connectivity index (χ0n) is 7.67. The van der Waals surface area contributed by atoms with Crippen LogP contribution in [0.5, 0.6) is 5.75 Å². The third-order valence-electron chi connectivity index (χ3n) is 2.23. The number of benzene rings is 1. The van der Waals surface area contributed by atoms with Crippen LogP contribution in [0.2, 0.25) is 0 Å². The highest BCUT2D eigenvalue weighted by Gasteiger charge is 2.12. The lowest BCUT2D eigenvalue weighted by Crippen LogP contribution is -2.08. The summed E-state index contributed by atoms with van der Waals surface area (Å²) >= 11 is 0. The number of hydrogen-bond donors (Lipinski definition) is 0. The Bertz CT molecular complexity index is 342. The summed E-state index contributed by atoms with van der Waals surface area (Å²) in [5.41, 5.74) is 3.39. The van der Waals surface area contributed by atoms with Gasteiger partial charge >= 0.3 is 0 Å². The topological polar surface area (TPSA) is 18.5 Å². The second-order valence-electron chi connectivity index (χ2n) is 3.12. The van der Waals surface area contributed by atoms with Gasteiger partial charge in [-0.1, -0.05) is 12.6 Å². The van der Waals surface area contributed by atoms with Crippen molar-refractivity contribution < 1.29 is 9.47 Å². The molecule has 0 spiro atoms. The number of fused-ring (bicyclic) bond motifs is 1. The van der Waals surface area contributed by atoms with Gasteiger partial charge in [0.15, 0.2) is 0 Å². The van der Waals surface area contributed by atoms with Gasteiger partial charge in [0.05, 0.1) is 20.3 Å². The van der Waals surface area contributed by atoms with Gasteiger partial charge in [-0.3, -0.25) is 0 Å². The Labute approximate surface area is 77.8 Å². The van der Waals surface area contributed by atoms with Crippen LogP contribution in [-0.2, 0) is 11.3 Å². The second-order valence-corrected chi connectivity index (χ2v) is 3.12. The van der Waals surface area contributed by atoms with Gasteiger partial charge < -0.3 is 9.47 Å². The highest BCUT2D eigenvalue weighted by molar-refractivity contribution is 5.69. The molecule has 1 aliphatic rings. The summed E-state index contributed by atoms with van der Waals surface area (Å²) < 4.78 is 10.5. The van der Waals surface area contributed by atoms with E-state index in [4.69, 9.17) is 9.47 Å². The Morgan fingerprint density at radius 3 is 3.00 bits per heavy atom. The average molecular weight is 176 g/mol. The monoisotopic (exact) mass is 176 g/mol. The molecule has 1 aliphatic heterocycles. The molecule has 68 valence electrons. The fourth-order valence-electron chi connectivity index (χ4n) is 1.50. The van der Waals surface area contributed by atoms with Gasteiger partial charge in [-0.25, -0.2) is 0 Å². The van der Waals surface area contributed by atoms with E-state index < -0.39 is 0 Å². The van der Waals surface area contributed by atoms with Crippen LogP contribution >= 0.6 is 0 Å². The molecule has 2 nitrogen and oxygen atoms in total. The molecule has 13 heavy (non-hydrogen) atoms. The van der Waals surface area contributed by atoms with Crippen molar-refractivity contribution in [3.8, 4) is 5.75 Å². The maximum atomic E-state index is 5.34. The summed E-state index contributed by atoms with van der Waals surface area (Å²) in [6, 6.07) is 5.99. The quantitative estimate of drug-likeness (QED) is 0.653. The van der Waals surface area contributed by atoms with Crippen molar-refractivity contribution in [3.63, 3.8) is 0 Å². The lowest BCUT2D eigenvalue weighted by Gasteiger charge is -2.19. The van der Waals surface area contributed by atoms with Gasteiger partial charge in [-0.2, -0.15) is 0 Å². The molecule has 0 radical (unpaired) electrons. The van der Waals surface area contributed by atoms with Crippen molar-refractivity contribution in [2.45, 2.75) is 6.61 Å². The number of methoxy groups -OCH3 is 1. The van der Waals surface area contributed by atoms with Crippen molar-refractivity contribution in [1.29, 1.82) is 0 Å². The molecule has 0 atom stereocenters. The Kier molecular flexibility index (Phi) is 2.07. The molecule has 1 aromatic rings. The summed E-state index contributed by atoms with van der Waals surface area (Å²) in [6.45, 7) is 5.25. The molecule has 2 rings (SSSR count). The summed E-state index contributed by atoms with van der Waals surface area (Å²) in [7, 11) is 1.67. The van der Waals surface area contributed by atoms with E-state index in [0.717, 1.165) is 11.3 Å². The predicted molar refractivity (Wildman–Crippen MR) is 51.7 cm³/mol. The van der Waals surface area contributed by atoms with E-state index in [0.29, 0.717) is 13.2 Å². The molecule has 1 aromatic carbocycles. The largest absolute Gasteiger partial charge is 0.497 e. The van der Waals surface area contributed by atoms with Crippen LogP contribution in [0.25, 0.3) is 5.57 Å². The van der Waals surface area contributed by atoms with Crippen molar-refractivity contribution in [3.05, 3.63) is 35.9 Å². The molecule has 0 saturated carbocycles. The van der Waals surface area contributed by atoms with Gasteiger partial charge in [-0.05, 0) is 28.8 Å². The van der Waals surface area contributed by atoms with Crippen LogP contribution in [0.1, 0.15) is 11.1 Å². The van der Waals surface area contributed by atoms with Crippen LogP contribution in [0.4, 0.5) is 0 Å². The SMILES string of the molecule is C=C1COCc2ccc(OC)cc21. The predicted octanol–water partition coefficient (Wildman–Crippen LogP) is 2.24. The Hall–Kier alpha value is -1.28. The second kappa shape index (κ2) is 3.23. The van der Waals surface area contributed by atoms with Crippen molar-refractivity contribution in [2.75, 3.05) is 13.7 Å². The molecule has 0 N–H and O–H groups in total. The fourth-order valence-corrected chi connectivity index (χ4v) is 1.50. The van der Waals surface area contributed by atoms with E-state index >= 15 is 0 Å². The third-order valence-corrected chi connectivity index (χ3v) is 2.23. The summed E-state index contributed by atoms with van der Waals surface area (Å²) in [4.78, 5) is 0. The fraction of sp³-hybridized carbons (Fsp3) is 0.273. The molecule has 0 bridgehead atoms. The highest BCUT2D eigenvalue weighted by Crippen LogP contribution is 2.27. The van der Waals surface area contributed by atoms with E-state index in [1.807, 2.05) is 18.2 Å². The molecule has 1 heterocycles. The van der Waals surface area contributed by atoms with Gasteiger partial charge in [-0.15, -0.1) is 0 Å². The standard InChI is InChI=1S/C11H12O2/c1-8-6-13-7-9-3-4-10(12-2)5-11(8)9/h3-5H,1,6-7H2,2H3. The van der Waals surface area contributed by atoms with E-state index in [1.165, 1.54) is 11.1 Å². The number of ether oxygens (including phenoxy) is 2. The third kappa shape index (κ3) is 1.45. The summed E-state index contributed by atoms with van der Waals surface area (Å²) in [5, 5.41) is 0. The number of rotatable bonds is 1. The maximum Gasteiger partial charge on any atom is 0.119 e. The molecule has 0 aromatic heterocycles. The minimum Gasteiger partial charge on any atom is -0.497 e. The zero-order valence-corrected chi connectivity index (χ0v) is 7.67. The summed E-state index contributed by atoms with van der Waals surface area (Å²) in [5.74, 6) is 0.877. The van der Waals surface area contributed by atoms with E-state index in [9.17, 15) is 0 Å². The molecule has 2 heteroatoms. The van der Waals surface area contributed by atoms with Crippen molar-refractivity contribution in [1.82, 2.24) is 0 Å². The van der Waals surface area contributed by atoms with Crippen molar-refractivity contribution in [2.24, 2.45) is 0 Å². The van der Waals surface area contributed by atoms with E-state index in [1.54, 1.807) is 7.11 Å². The van der Waals surface area contributed by atoms with Gasteiger partial charge in [0.25, 0.3) is 0 Å². The first-order valence-corrected chi connectivity index (χ1v) is 4.24. The zero-order chi connectivity index (χ0) is 9.26. The first kappa shape index (κ1) is 8.32. The molecule has 0 aliphatic carbocycles. The Morgan fingerprint density at radius 1 is 1.38 bits per heavy atom. The van der Waals surface area contributed by atoms with E-state index in [2.05, 4.69) is 6.58 Å². The minimum absolute atomic E-state index is 0.625. The van der Waals surface area contributed by atoms with Crippen LogP contribution < -0.4 is 4.74 Å². The first-order valence-electron chi connectivity index (χ1n) is 4.24. The van der Waals surface area contributed by atoms with Crippen molar-refractivity contribution >= 4 is 5.57 Å². The highest BCUT2D eigenvalue weighted by atomic mass is 16.5. The molecular weight excluding hydrogens is 164 g/mol. The van der Waals surface area contributed by atoms with E-state index in [-0.39, 0.29) is 0 Å². The number of hydrogen-bond acceptors (Lipinski definition) is 2. The average Bonchev–Trinajstić information content (AvgIpc) is 2.18. The molecule has 0 saturated heterocycles. The van der Waals surface area contributed by atoms with Crippen LogP contribution in [0.15, 0.2) is 24.8 Å². The smallest absolute Gasteiger partial charge is 0.119 e. The molecule has 0 amide bonds. The molecule has 0 fully saturated rings.